The number of imide groups is 1. The van der Waals surface area contributed by atoms with Crippen LogP contribution in [0.1, 0.15) is 38.8 Å². The van der Waals surface area contributed by atoms with E-state index in [0.717, 1.165) is 32.6 Å². The summed E-state index contributed by atoms with van der Waals surface area (Å²) in [6, 6.07) is 25.5. The molecule has 2 aliphatic heterocycles. The molecule has 1 fully saturated rings. The summed E-state index contributed by atoms with van der Waals surface area (Å²) in [4.78, 5) is 47.8. The molecule has 1 unspecified atom stereocenters. The first kappa shape index (κ1) is 26.0. The fourth-order valence-corrected chi connectivity index (χ4v) is 6.26. The molecule has 1 saturated heterocycles. The van der Waals surface area contributed by atoms with Crippen molar-refractivity contribution in [1.29, 1.82) is 0 Å². The van der Waals surface area contributed by atoms with Crippen LogP contribution in [0.2, 0.25) is 5.02 Å². The van der Waals surface area contributed by atoms with Gasteiger partial charge in [0.25, 0.3) is 11.8 Å². The van der Waals surface area contributed by atoms with E-state index in [0.29, 0.717) is 17.0 Å². The number of carbonyl (C=O) groups is 3. The molecule has 2 aliphatic rings. The zero-order valence-electron chi connectivity index (χ0n) is 22.2. The summed E-state index contributed by atoms with van der Waals surface area (Å²) in [5.41, 5.74) is 4.42. The van der Waals surface area contributed by atoms with Gasteiger partial charge in [0, 0.05) is 34.6 Å². The number of nitrogens with zero attached hydrogens (tertiary/aromatic N) is 2. The Morgan fingerprint density at radius 1 is 0.929 bits per heavy atom. The van der Waals surface area contributed by atoms with Gasteiger partial charge in [0.05, 0.1) is 11.3 Å². The van der Waals surface area contributed by atoms with Gasteiger partial charge in [0.15, 0.2) is 0 Å². The number of halogens is 2. The molecule has 0 saturated carbocycles. The van der Waals surface area contributed by atoms with Crippen LogP contribution < -0.4 is 10.2 Å². The van der Waals surface area contributed by atoms with Crippen molar-refractivity contribution in [3.8, 4) is 0 Å². The number of hydrogen-bond donors (Lipinski definition) is 2. The fraction of sp³-hybridized carbons (Fsp3) is 0.121. The van der Waals surface area contributed by atoms with E-state index in [1.54, 1.807) is 53.4 Å². The van der Waals surface area contributed by atoms with Crippen LogP contribution in [0.3, 0.4) is 0 Å². The van der Waals surface area contributed by atoms with E-state index >= 15 is 0 Å². The number of carbonyl (C=O) groups excluding carboxylic acids is 3. The van der Waals surface area contributed by atoms with Gasteiger partial charge in [-0.2, -0.15) is 0 Å². The molecule has 0 spiro atoms. The lowest BCUT2D eigenvalue weighted by Crippen LogP contribution is -2.44. The monoisotopic (exact) mass is 578 g/mol. The van der Waals surface area contributed by atoms with Crippen molar-refractivity contribution in [3.63, 3.8) is 0 Å². The molecule has 7 nitrogen and oxygen atoms in total. The average molecular weight is 579 g/mol. The largest absolute Gasteiger partial charge is 0.356 e. The minimum Gasteiger partial charge on any atom is -0.356 e. The first-order valence-electron chi connectivity index (χ1n) is 13.5. The maximum Gasteiger partial charge on any atom is 0.332 e. The van der Waals surface area contributed by atoms with Gasteiger partial charge in [-0.1, -0.05) is 72.3 Å². The van der Waals surface area contributed by atoms with Gasteiger partial charge < -0.3 is 10.3 Å². The third-order valence-corrected chi connectivity index (χ3v) is 8.39. The lowest BCUT2D eigenvalue weighted by atomic mass is 9.89. The van der Waals surface area contributed by atoms with Crippen molar-refractivity contribution in [3.05, 3.63) is 136 Å². The summed E-state index contributed by atoms with van der Waals surface area (Å²) >= 11 is 6.26. The summed E-state index contributed by atoms with van der Waals surface area (Å²) in [5, 5.41) is 4.35. The number of para-hydroxylation sites is 2. The number of rotatable bonds is 5. The van der Waals surface area contributed by atoms with E-state index < -0.39 is 35.7 Å². The van der Waals surface area contributed by atoms with E-state index in [-0.39, 0.29) is 17.8 Å². The van der Waals surface area contributed by atoms with Crippen molar-refractivity contribution in [2.75, 3.05) is 4.90 Å². The number of aromatic nitrogens is 1. The van der Waals surface area contributed by atoms with Crippen LogP contribution in [0.5, 0.6) is 0 Å². The molecule has 0 bridgehead atoms. The van der Waals surface area contributed by atoms with E-state index in [2.05, 4.69) is 10.3 Å². The molecular formula is C33H24ClFN4O3. The fourth-order valence-electron chi connectivity index (χ4n) is 6.06. The standard InChI is InChI=1S/C33H24ClFN4O3/c34-25-10-4-1-7-20(25)18-36-31(40)23-9-3-6-12-27(23)39-32(41)28-17-24-22-8-2-5-11-26(22)37-29(24)30(38(28)33(39)42)19-13-15-21(35)16-14-19/h1-16,28,30,37H,17-18H2,(H,36,40)/t28-,30?/m0/s1. The summed E-state index contributed by atoms with van der Waals surface area (Å²) in [6.45, 7) is 0.178. The van der Waals surface area contributed by atoms with E-state index in [9.17, 15) is 18.8 Å². The Hall–Kier alpha value is -4.95. The van der Waals surface area contributed by atoms with Gasteiger partial charge in [0.1, 0.15) is 17.9 Å². The molecule has 2 atom stereocenters. The Kier molecular flexibility index (Phi) is 6.28. The molecule has 9 heteroatoms. The van der Waals surface area contributed by atoms with Crippen LogP contribution in [0.25, 0.3) is 10.9 Å². The number of hydrogen-bond acceptors (Lipinski definition) is 3. The van der Waals surface area contributed by atoms with Crippen LogP contribution in [0.15, 0.2) is 97.1 Å². The minimum atomic E-state index is -0.807. The molecule has 4 amide bonds. The molecule has 1 aromatic heterocycles. The number of H-pyrrole nitrogens is 1. The van der Waals surface area contributed by atoms with Gasteiger partial charge >= 0.3 is 6.03 Å². The van der Waals surface area contributed by atoms with Crippen LogP contribution in [-0.4, -0.2) is 33.8 Å². The normalized spacial score (nSPS) is 17.9. The van der Waals surface area contributed by atoms with Gasteiger partial charge in [0.2, 0.25) is 0 Å². The first-order chi connectivity index (χ1) is 20.4. The molecule has 2 N–H and O–H groups in total. The second-order valence-electron chi connectivity index (χ2n) is 10.4. The Balaban J connectivity index is 1.28. The Bertz CT molecular complexity index is 1890. The van der Waals surface area contributed by atoms with E-state index in [1.165, 1.54) is 12.1 Å². The maximum atomic E-state index is 14.2. The number of anilines is 1. The van der Waals surface area contributed by atoms with Crippen LogP contribution in [0.4, 0.5) is 14.9 Å². The molecule has 7 rings (SSSR count). The van der Waals surface area contributed by atoms with Gasteiger partial charge in [-0.25, -0.2) is 14.1 Å². The Labute approximate surface area is 245 Å². The molecule has 3 heterocycles. The molecular weight excluding hydrogens is 555 g/mol. The molecule has 42 heavy (non-hydrogen) atoms. The number of amides is 4. The second-order valence-corrected chi connectivity index (χ2v) is 10.8. The second kappa shape index (κ2) is 10.2. The highest BCUT2D eigenvalue weighted by Gasteiger charge is 2.53. The van der Waals surface area contributed by atoms with Crippen molar-refractivity contribution in [2.24, 2.45) is 0 Å². The van der Waals surface area contributed by atoms with E-state index in [1.807, 2.05) is 36.4 Å². The highest BCUT2D eigenvalue weighted by atomic mass is 35.5. The quantitative estimate of drug-likeness (QED) is 0.238. The summed E-state index contributed by atoms with van der Waals surface area (Å²) in [6.07, 6.45) is 0.305. The van der Waals surface area contributed by atoms with Crippen molar-refractivity contribution >= 4 is 46.0 Å². The maximum absolute atomic E-state index is 14.2. The third-order valence-electron chi connectivity index (χ3n) is 8.02. The topological polar surface area (TPSA) is 85.5 Å². The average Bonchev–Trinajstić information content (AvgIpc) is 3.50. The Morgan fingerprint density at radius 2 is 1.64 bits per heavy atom. The minimum absolute atomic E-state index is 0.178. The molecule has 0 radical (unpaired) electrons. The molecule has 208 valence electrons. The van der Waals surface area contributed by atoms with E-state index in [4.69, 9.17) is 11.6 Å². The number of benzene rings is 4. The lowest BCUT2D eigenvalue weighted by Gasteiger charge is -2.36. The zero-order chi connectivity index (χ0) is 29.0. The van der Waals surface area contributed by atoms with Crippen LogP contribution >= 0.6 is 11.6 Å². The summed E-state index contributed by atoms with van der Waals surface area (Å²) in [5.74, 6) is -1.26. The zero-order valence-corrected chi connectivity index (χ0v) is 22.9. The van der Waals surface area contributed by atoms with Crippen molar-refractivity contribution < 1.29 is 18.8 Å². The summed E-state index contributed by atoms with van der Waals surface area (Å²) < 4.78 is 13.9. The first-order valence-corrected chi connectivity index (χ1v) is 13.9. The predicted molar refractivity (Wildman–Crippen MR) is 158 cm³/mol. The number of urea groups is 1. The number of aromatic amines is 1. The van der Waals surface area contributed by atoms with Gasteiger partial charge in [-0.3, -0.25) is 14.5 Å². The smallest absolute Gasteiger partial charge is 0.332 e. The van der Waals surface area contributed by atoms with Crippen molar-refractivity contribution in [2.45, 2.75) is 25.0 Å². The van der Waals surface area contributed by atoms with Crippen molar-refractivity contribution in [1.82, 2.24) is 15.2 Å². The van der Waals surface area contributed by atoms with Crippen LogP contribution in [-0.2, 0) is 17.8 Å². The Morgan fingerprint density at radius 3 is 2.45 bits per heavy atom. The molecule has 5 aromatic rings. The number of nitrogens with one attached hydrogen (secondary N) is 2. The number of fused-ring (bicyclic) bond motifs is 4. The third kappa shape index (κ3) is 4.14. The SMILES string of the molecule is O=C(NCc1ccccc1Cl)c1ccccc1N1C(=O)[C@@H]2Cc3c([nH]c4ccccc34)C(c3ccc(F)cc3)N2C1=O. The van der Waals surface area contributed by atoms with Crippen LogP contribution in [0, 0.1) is 5.82 Å². The van der Waals surface area contributed by atoms with Gasteiger partial charge in [-0.15, -0.1) is 0 Å². The highest BCUT2D eigenvalue weighted by molar-refractivity contribution is 6.31. The lowest BCUT2D eigenvalue weighted by molar-refractivity contribution is -0.120. The molecule has 4 aromatic carbocycles. The van der Waals surface area contributed by atoms with Gasteiger partial charge in [-0.05, 0) is 53.1 Å². The molecule has 0 aliphatic carbocycles. The predicted octanol–water partition coefficient (Wildman–Crippen LogP) is 6.37. The highest BCUT2D eigenvalue weighted by Crippen LogP contribution is 2.45. The summed E-state index contributed by atoms with van der Waals surface area (Å²) in [7, 11) is 0.